The van der Waals surface area contributed by atoms with Gasteiger partial charge in [0.25, 0.3) is 6.43 Å². The van der Waals surface area contributed by atoms with Gasteiger partial charge in [-0.25, -0.2) is 8.78 Å². The largest absolute Gasteiger partial charge is 0.383 e. The molecule has 0 saturated heterocycles. The molecule has 1 heterocycles. The average molecular weight is 218 g/mol. The first kappa shape index (κ1) is 12.1. The Morgan fingerprint density at radius 3 is 2.60 bits per heavy atom. The summed E-state index contributed by atoms with van der Waals surface area (Å²) < 4.78 is 31.8. The van der Waals surface area contributed by atoms with Crippen LogP contribution in [0, 0.1) is 0 Å². The van der Waals surface area contributed by atoms with E-state index in [1.165, 1.54) is 18.0 Å². The Kier molecular flexibility index (Phi) is 4.20. The Morgan fingerprint density at radius 1 is 1.47 bits per heavy atom. The quantitative estimate of drug-likeness (QED) is 0.759. The van der Waals surface area contributed by atoms with Gasteiger partial charge in [-0.3, -0.25) is 4.68 Å². The van der Waals surface area contributed by atoms with Crippen molar-refractivity contribution in [1.29, 1.82) is 0 Å². The summed E-state index contributed by atoms with van der Waals surface area (Å²) in [5, 5.41) is 3.95. The van der Waals surface area contributed by atoms with Crippen molar-refractivity contribution in [2.75, 3.05) is 13.7 Å². The number of halogens is 2. The molecule has 0 aliphatic heterocycles. The highest BCUT2D eigenvalue weighted by Gasteiger charge is 2.21. The van der Waals surface area contributed by atoms with E-state index in [0.717, 1.165) is 0 Å². The number of methoxy groups -OCH3 is 1. The molecular weight excluding hydrogens is 202 g/mol. The maximum Gasteiger partial charge on any atom is 0.280 e. The fourth-order valence-corrected chi connectivity index (χ4v) is 1.45. The van der Waals surface area contributed by atoms with Gasteiger partial charge in [0.15, 0.2) is 0 Å². The normalized spacial score (nSPS) is 11.7. The van der Waals surface area contributed by atoms with Crippen molar-refractivity contribution in [1.82, 2.24) is 9.78 Å². The molecule has 1 aromatic rings. The minimum atomic E-state index is -2.48. The number of aromatic nitrogens is 2. The smallest absolute Gasteiger partial charge is 0.280 e. The second-order valence-corrected chi connectivity index (χ2v) is 3.66. The van der Waals surface area contributed by atoms with Crippen LogP contribution in [0.25, 0.3) is 0 Å². The van der Waals surface area contributed by atoms with Crippen LogP contribution in [0.5, 0.6) is 0 Å². The van der Waals surface area contributed by atoms with E-state index in [0.29, 0.717) is 18.7 Å². The maximum atomic E-state index is 12.8. The lowest BCUT2D eigenvalue weighted by molar-refractivity contribution is 0.130. The minimum absolute atomic E-state index is 0.0158. The number of hydrogen-bond acceptors (Lipinski definition) is 2. The number of rotatable bonds is 5. The third-order valence-electron chi connectivity index (χ3n) is 2.25. The van der Waals surface area contributed by atoms with Crippen LogP contribution >= 0.6 is 0 Å². The molecule has 0 radical (unpaired) electrons. The van der Waals surface area contributed by atoms with Crippen molar-refractivity contribution in [2.24, 2.45) is 0 Å². The van der Waals surface area contributed by atoms with Gasteiger partial charge in [0.2, 0.25) is 0 Å². The van der Waals surface area contributed by atoms with Crippen LogP contribution in [0.1, 0.15) is 37.4 Å². The number of nitrogens with zero attached hydrogens (tertiary/aromatic N) is 2. The van der Waals surface area contributed by atoms with Crippen LogP contribution in [-0.2, 0) is 11.3 Å². The maximum absolute atomic E-state index is 12.8. The first-order valence-corrected chi connectivity index (χ1v) is 4.90. The predicted molar refractivity (Wildman–Crippen MR) is 53.1 cm³/mol. The zero-order valence-electron chi connectivity index (χ0n) is 9.20. The van der Waals surface area contributed by atoms with E-state index >= 15 is 0 Å². The summed E-state index contributed by atoms with van der Waals surface area (Å²) >= 11 is 0. The molecule has 0 aliphatic rings. The van der Waals surface area contributed by atoms with Gasteiger partial charge in [0, 0.05) is 12.7 Å². The van der Waals surface area contributed by atoms with E-state index < -0.39 is 6.43 Å². The zero-order valence-corrected chi connectivity index (χ0v) is 9.20. The molecule has 0 unspecified atom stereocenters. The first-order chi connectivity index (χ1) is 7.07. The van der Waals surface area contributed by atoms with E-state index in [4.69, 9.17) is 4.74 Å². The standard InChI is InChI=1S/C10H16F2N2O/c1-7(2)8-6-13-14(4-5-15-3)9(8)10(11)12/h6-7,10H,4-5H2,1-3H3. The number of hydrogen-bond donors (Lipinski definition) is 0. The Morgan fingerprint density at radius 2 is 2.13 bits per heavy atom. The molecule has 5 heteroatoms. The van der Waals surface area contributed by atoms with Crippen molar-refractivity contribution in [3.8, 4) is 0 Å². The van der Waals surface area contributed by atoms with E-state index in [1.54, 1.807) is 0 Å². The highest BCUT2D eigenvalue weighted by atomic mass is 19.3. The van der Waals surface area contributed by atoms with Gasteiger partial charge in [-0.2, -0.15) is 5.10 Å². The van der Waals surface area contributed by atoms with Crippen LogP contribution in [0.4, 0.5) is 8.78 Å². The number of alkyl halides is 2. The van der Waals surface area contributed by atoms with Crippen LogP contribution < -0.4 is 0 Å². The fourth-order valence-electron chi connectivity index (χ4n) is 1.45. The van der Waals surface area contributed by atoms with Crippen molar-refractivity contribution in [3.63, 3.8) is 0 Å². The van der Waals surface area contributed by atoms with Gasteiger partial charge in [-0.15, -0.1) is 0 Å². The van der Waals surface area contributed by atoms with Gasteiger partial charge in [0.05, 0.1) is 19.3 Å². The lowest BCUT2D eigenvalue weighted by Gasteiger charge is -2.10. The zero-order chi connectivity index (χ0) is 11.4. The molecule has 0 N–H and O–H groups in total. The van der Waals surface area contributed by atoms with Gasteiger partial charge < -0.3 is 4.74 Å². The molecule has 0 saturated carbocycles. The summed E-state index contributed by atoms with van der Waals surface area (Å²) in [6.07, 6.45) is -0.969. The van der Waals surface area contributed by atoms with Gasteiger partial charge in [-0.05, 0) is 5.92 Å². The minimum Gasteiger partial charge on any atom is -0.383 e. The molecule has 0 aromatic carbocycles. The Hall–Kier alpha value is -0.970. The molecule has 1 rings (SSSR count). The van der Waals surface area contributed by atoms with Gasteiger partial charge in [0.1, 0.15) is 5.69 Å². The predicted octanol–water partition coefficient (Wildman–Crippen LogP) is 2.59. The van der Waals surface area contributed by atoms with Crippen molar-refractivity contribution < 1.29 is 13.5 Å². The van der Waals surface area contributed by atoms with Crippen molar-refractivity contribution in [2.45, 2.75) is 32.7 Å². The van der Waals surface area contributed by atoms with E-state index in [-0.39, 0.29) is 11.6 Å². The SMILES string of the molecule is COCCn1ncc(C(C)C)c1C(F)F. The molecule has 86 valence electrons. The highest BCUT2D eigenvalue weighted by Crippen LogP contribution is 2.27. The van der Waals surface area contributed by atoms with E-state index in [9.17, 15) is 8.78 Å². The summed E-state index contributed by atoms with van der Waals surface area (Å²) in [5.74, 6) is 0.0605. The Balaban J connectivity index is 2.96. The second-order valence-electron chi connectivity index (χ2n) is 3.66. The summed E-state index contributed by atoms with van der Waals surface area (Å²) in [6.45, 7) is 4.51. The topological polar surface area (TPSA) is 27.1 Å². The third-order valence-corrected chi connectivity index (χ3v) is 2.25. The second kappa shape index (κ2) is 5.21. The molecule has 0 amide bonds. The lowest BCUT2D eigenvalue weighted by atomic mass is 10.0. The molecule has 3 nitrogen and oxygen atoms in total. The Bertz CT molecular complexity index is 310. The molecule has 0 bridgehead atoms. The summed E-state index contributed by atoms with van der Waals surface area (Å²) in [4.78, 5) is 0. The molecule has 1 aromatic heterocycles. The first-order valence-electron chi connectivity index (χ1n) is 4.90. The van der Waals surface area contributed by atoms with Gasteiger partial charge >= 0.3 is 0 Å². The van der Waals surface area contributed by atoms with Crippen LogP contribution in [0.3, 0.4) is 0 Å². The monoisotopic (exact) mass is 218 g/mol. The highest BCUT2D eigenvalue weighted by molar-refractivity contribution is 5.22. The summed E-state index contributed by atoms with van der Waals surface area (Å²) in [6, 6.07) is 0. The molecule has 0 atom stereocenters. The van der Waals surface area contributed by atoms with Crippen LogP contribution in [-0.4, -0.2) is 23.5 Å². The van der Waals surface area contributed by atoms with E-state index in [1.807, 2.05) is 13.8 Å². The molecule has 0 fully saturated rings. The lowest BCUT2D eigenvalue weighted by Crippen LogP contribution is -2.11. The third kappa shape index (κ3) is 2.75. The fraction of sp³-hybridized carbons (Fsp3) is 0.700. The van der Waals surface area contributed by atoms with E-state index in [2.05, 4.69) is 5.10 Å². The summed E-state index contributed by atoms with van der Waals surface area (Å²) in [5.41, 5.74) is 0.628. The number of ether oxygens (including phenoxy) is 1. The molecule has 0 aliphatic carbocycles. The van der Waals surface area contributed by atoms with Crippen LogP contribution in [0.2, 0.25) is 0 Å². The molecule has 15 heavy (non-hydrogen) atoms. The van der Waals surface area contributed by atoms with Crippen molar-refractivity contribution >= 4 is 0 Å². The average Bonchev–Trinajstić information content (AvgIpc) is 2.58. The van der Waals surface area contributed by atoms with Crippen LogP contribution in [0.15, 0.2) is 6.20 Å². The van der Waals surface area contributed by atoms with Gasteiger partial charge in [-0.1, -0.05) is 13.8 Å². The summed E-state index contributed by atoms with van der Waals surface area (Å²) in [7, 11) is 1.54. The molecular formula is C10H16F2N2O. The molecule has 0 spiro atoms. The van der Waals surface area contributed by atoms with Crippen molar-refractivity contribution in [3.05, 3.63) is 17.5 Å². The Labute approximate surface area is 88.0 Å².